The number of carboxylic acid groups (broad SMARTS) is 1. The number of carbonyl (C=O) groups excluding carboxylic acids is 2. The zero-order valence-corrected chi connectivity index (χ0v) is 12.9. The van der Waals surface area contributed by atoms with E-state index in [0.717, 1.165) is 12.8 Å². The molecule has 0 spiro atoms. The molecule has 3 aliphatic carbocycles. The number of ketones is 1. The summed E-state index contributed by atoms with van der Waals surface area (Å²) in [5.74, 6) is -2.61. The number of carbonyl (C=O) groups is 3. The second kappa shape index (κ2) is 5.99. The molecule has 4 atom stereocenters. The van der Waals surface area contributed by atoms with Gasteiger partial charge in [0.25, 0.3) is 0 Å². The van der Waals surface area contributed by atoms with Crippen molar-refractivity contribution in [1.82, 2.24) is 0 Å². The van der Waals surface area contributed by atoms with Crippen LogP contribution in [0.25, 0.3) is 0 Å². The van der Waals surface area contributed by atoms with Gasteiger partial charge in [-0.3, -0.25) is 14.4 Å². The zero-order chi connectivity index (χ0) is 16.6. The highest BCUT2D eigenvalue weighted by molar-refractivity contribution is 5.99. The Hall–Kier alpha value is -2.43. The molecule has 2 N–H and O–H groups in total. The maximum absolute atomic E-state index is 12.7. The third kappa shape index (κ3) is 2.91. The molecule has 1 aromatic rings. The van der Waals surface area contributed by atoms with E-state index in [1.807, 2.05) is 12.2 Å². The molecular weight excluding hydrogens is 294 g/mol. The van der Waals surface area contributed by atoms with Gasteiger partial charge in [-0.05, 0) is 43.7 Å². The molecule has 4 unspecified atom stereocenters. The molecule has 0 aromatic heterocycles. The first-order chi connectivity index (χ1) is 11.0. The molecule has 3 aliphatic rings. The number of nitrogens with one attached hydrogen (secondary N) is 1. The molecule has 23 heavy (non-hydrogen) atoms. The molecule has 1 amide bonds. The van der Waals surface area contributed by atoms with E-state index >= 15 is 0 Å². The minimum atomic E-state index is -0.915. The van der Waals surface area contributed by atoms with Gasteiger partial charge in [0.2, 0.25) is 5.91 Å². The smallest absolute Gasteiger partial charge is 0.307 e. The standard InChI is InChI=1S/C18H19NO4/c1-10(20)13-3-2-4-14(9-13)19-17(21)15-11-5-7-12(8-6-11)16(15)18(22)23/h2-5,7,9,11-12,15-16H,6,8H2,1H3,(H,19,21)(H,22,23). The maximum atomic E-state index is 12.7. The fraction of sp³-hybridized carbons (Fsp3) is 0.389. The van der Waals surface area contributed by atoms with E-state index in [9.17, 15) is 19.5 Å². The van der Waals surface area contributed by atoms with E-state index in [1.54, 1.807) is 24.3 Å². The molecule has 0 saturated heterocycles. The number of amides is 1. The van der Waals surface area contributed by atoms with Crippen molar-refractivity contribution in [2.45, 2.75) is 19.8 Å². The molecule has 5 heteroatoms. The van der Waals surface area contributed by atoms with Crippen LogP contribution >= 0.6 is 0 Å². The number of hydrogen-bond acceptors (Lipinski definition) is 3. The summed E-state index contributed by atoms with van der Waals surface area (Å²) in [6.45, 7) is 1.46. The van der Waals surface area contributed by atoms with Crippen molar-refractivity contribution in [3.05, 3.63) is 42.0 Å². The van der Waals surface area contributed by atoms with Gasteiger partial charge < -0.3 is 10.4 Å². The monoisotopic (exact) mass is 313 g/mol. The predicted molar refractivity (Wildman–Crippen MR) is 85.0 cm³/mol. The lowest BCUT2D eigenvalue weighted by Gasteiger charge is -2.41. The maximum Gasteiger partial charge on any atom is 0.307 e. The van der Waals surface area contributed by atoms with Gasteiger partial charge in [0.1, 0.15) is 0 Å². The number of allylic oxidation sites excluding steroid dienone is 2. The van der Waals surface area contributed by atoms with E-state index in [4.69, 9.17) is 0 Å². The number of fused-ring (bicyclic) bond motifs is 2. The summed E-state index contributed by atoms with van der Waals surface area (Å²) in [7, 11) is 0. The lowest BCUT2D eigenvalue weighted by atomic mass is 9.62. The Labute approximate surface area is 134 Å². The Morgan fingerprint density at radius 1 is 1.09 bits per heavy atom. The quantitative estimate of drug-likeness (QED) is 0.661. The molecular formula is C18H19NO4. The lowest BCUT2D eigenvalue weighted by Crippen LogP contribution is -2.47. The number of Topliss-reactive ketones (excluding diaryl/α,β-unsaturated/α-hetero) is 1. The Morgan fingerprint density at radius 2 is 1.74 bits per heavy atom. The second-order valence-electron chi connectivity index (χ2n) is 6.31. The average molecular weight is 313 g/mol. The Balaban J connectivity index is 1.82. The summed E-state index contributed by atoms with van der Waals surface area (Å²) in [5.41, 5.74) is 1.04. The van der Waals surface area contributed by atoms with Crippen LogP contribution < -0.4 is 5.32 Å². The van der Waals surface area contributed by atoms with Crippen molar-refractivity contribution < 1.29 is 19.5 Å². The van der Waals surface area contributed by atoms with Crippen molar-refractivity contribution in [3.63, 3.8) is 0 Å². The van der Waals surface area contributed by atoms with Gasteiger partial charge in [-0.25, -0.2) is 0 Å². The van der Waals surface area contributed by atoms with Gasteiger partial charge in [-0.15, -0.1) is 0 Å². The number of rotatable bonds is 4. The third-order valence-corrected chi connectivity index (χ3v) is 4.87. The number of hydrogen-bond donors (Lipinski definition) is 2. The fourth-order valence-electron chi connectivity index (χ4n) is 3.73. The van der Waals surface area contributed by atoms with Crippen LogP contribution in [0.2, 0.25) is 0 Å². The van der Waals surface area contributed by atoms with E-state index in [-0.39, 0.29) is 23.5 Å². The summed E-state index contributed by atoms with van der Waals surface area (Å²) < 4.78 is 0. The lowest BCUT2D eigenvalue weighted by molar-refractivity contribution is -0.151. The summed E-state index contributed by atoms with van der Waals surface area (Å²) in [4.78, 5) is 35.7. The van der Waals surface area contributed by atoms with Gasteiger partial charge in [-0.1, -0.05) is 24.3 Å². The minimum Gasteiger partial charge on any atom is -0.481 e. The van der Waals surface area contributed by atoms with Crippen LogP contribution in [0, 0.1) is 23.7 Å². The van der Waals surface area contributed by atoms with Crippen molar-refractivity contribution >= 4 is 23.3 Å². The Morgan fingerprint density at radius 3 is 2.30 bits per heavy atom. The molecule has 2 bridgehead atoms. The molecule has 0 heterocycles. The molecule has 0 aliphatic heterocycles. The summed E-state index contributed by atoms with van der Waals surface area (Å²) in [6.07, 6.45) is 5.58. The average Bonchev–Trinajstić information content (AvgIpc) is 2.55. The van der Waals surface area contributed by atoms with Gasteiger partial charge >= 0.3 is 5.97 Å². The first-order valence-electron chi connectivity index (χ1n) is 7.80. The Kier molecular flexibility index (Phi) is 4.03. The molecule has 120 valence electrons. The highest BCUT2D eigenvalue weighted by Crippen LogP contribution is 2.45. The molecule has 5 nitrogen and oxygen atoms in total. The zero-order valence-electron chi connectivity index (χ0n) is 12.9. The van der Waals surface area contributed by atoms with Crippen LogP contribution in [0.3, 0.4) is 0 Å². The Bertz CT molecular complexity index is 694. The van der Waals surface area contributed by atoms with Crippen LogP contribution in [0.1, 0.15) is 30.1 Å². The second-order valence-corrected chi connectivity index (χ2v) is 6.31. The van der Waals surface area contributed by atoms with E-state index in [1.165, 1.54) is 6.92 Å². The summed E-state index contributed by atoms with van der Waals surface area (Å²) in [5, 5.41) is 12.3. The molecule has 1 aromatic carbocycles. The predicted octanol–water partition coefficient (Wildman–Crippen LogP) is 2.74. The first-order valence-corrected chi connectivity index (χ1v) is 7.80. The van der Waals surface area contributed by atoms with Crippen LogP contribution in [0.15, 0.2) is 36.4 Å². The van der Waals surface area contributed by atoms with Crippen molar-refractivity contribution in [2.75, 3.05) is 5.32 Å². The largest absolute Gasteiger partial charge is 0.481 e. The van der Waals surface area contributed by atoms with Gasteiger partial charge in [-0.2, -0.15) is 0 Å². The van der Waals surface area contributed by atoms with Crippen molar-refractivity contribution in [2.24, 2.45) is 23.7 Å². The number of aliphatic carboxylic acids is 1. The topological polar surface area (TPSA) is 83.5 Å². The van der Waals surface area contributed by atoms with Crippen molar-refractivity contribution in [1.29, 1.82) is 0 Å². The molecule has 1 fully saturated rings. The molecule has 0 radical (unpaired) electrons. The van der Waals surface area contributed by atoms with Crippen LogP contribution in [-0.2, 0) is 9.59 Å². The molecule has 4 rings (SSSR count). The van der Waals surface area contributed by atoms with E-state index < -0.39 is 17.8 Å². The van der Waals surface area contributed by atoms with Crippen LogP contribution in [0.4, 0.5) is 5.69 Å². The van der Waals surface area contributed by atoms with E-state index in [0.29, 0.717) is 11.3 Å². The normalized spacial score (nSPS) is 28.4. The summed E-state index contributed by atoms with van der Waals surface area (Å²) in [6, 6.07) is 6.71. The van der Waals surface area contributed by atoms with Crippen LogP contribution in [-0.4, -0.2) is 22.8 Å². The summed E-state index contributed by atoms with van der Waals surface area (Å²) >= 11 is 0. The number of anilines is 1. The minimum absolute atomic E-state index is 0.0305. The highest BCUT2D eigenvalue weighted by atomic mass is 16.4. The van der Waals surface area contributed by atoms with Crippen molar-refractivity contribution in [3.8, 4) is 0 Å². The SMILES string of the molecule is CC(=O)c1cccc(NC(=O)C2C3C=CC(CC3)C2C(=O)O)c1. The van der Waals surface area contributed by atoms with E-state index in [2.05, 4.69) is 5.32 Å². The van der Waals surface area contributed by atoms with Crippen LogP contribution in [0.5, 0.6) is 0 Å². The number of benzene rings is 1. The first kappa shape index (κ1) is 15.5. The number of carboxylic acids is 1. The molecule has 1 saturated carbocycles. The van der Waals surface area contributed by atoms with Gasteiger partial charge in [0.15, 0.2) is 5.78 Å². The fourth-order valence-corrected chi connectivity index (χ4v) is 3.73. The van der Waals surface area contributed by atoms with Gasteiger partial charge in [0, 0.05) is 11.3 Å². The highest BCUT2D eigenvalue weighted by Gasteiger charge is 2.48. The van der Waals surface area contributed by atoms with Gasteiger partial charge in [0.05, 0.1) is 11.8 Å². The third-order valence-electron chi connectivity index (χ3n) is 4.87.